The lowest BCUT2D eigenvalue weighted by Gasteiger charge is -2.18. The maximum absolute atomic E-state index is 15.4. The molecule has 0 saturated carbocycles. The highest BCUT2D eigenvalue weighted by molar-refractivity contribution is 6.39. The van der Waals surface area contributed by atoms with E-state index in [4.69, 9.17) is 27.9 Å². The molecule has 1 saturated heterocycles. The summed E-state index contributed by atoms with van der Waals surface area (Å²) in [5, 5.41) is 23.1. The van der Waals surface area contributed by atoms with Crippen molar-refractivity contribution in [1.29, 1.82) is 0 Å². The SMILES string of the molecule is COc1cc(-c2nccc(-c3cccc(Nc4nccc(CNCC(C)(C)O)c4F)c3Cl)c2Cl)ccc1CNCC1CCC(=O)N1. The summed E-state index contributed by atoms with van der Waals surface area (Å²) in [5.41, 5.74) is 3.50. The van der Waals surface area contributed by atoms with Gasteiger partial charge in [0.05, 0.1) is 34.1 Å². The molecule has 1 aliphatic heterocycles. The van der Waals surface area contributed by atoms with Gasteiger partial charge in [-0.15, -0.1) is 0 Å². The fourth-order valence-electron chi connectivity index (χ4n) is 5.28. The molecule has 0 bridgehead atoms. The number of ether oxygens (including phenoxy) is 1. The summed E-state index contributed by atoms with van der Waals surface area (Å²) in [5.74, 6) is 0.278. The third-order valence-electron chi connectivity index (χ3n) is 7.63. The fraction of sp³-hybridized carbons (Fsp3) is 0.324. The second kappa shape index (κ2) is 14.7. The quantitative estimate of drug-likeness (QED) is 0.114. The van der Waals surface area contributed by atoms with E-state index in [1.807, 2.05) is 24.3 Å². The van der Waals surface area contributed by atoms with Crippen LogP contribution in [0.15, 0.2) is 60.9 Å². The number of aliphatic hydroxyl groups is 1. The second-order valence-electron chi connectivity index (χ2n) is 11.8. The number of halogens is 3. The highest BCUT2D eigenvalue weighted by Crippen LogP contribution is 2.41. The van der Waals surface area contributed by atoms with Crippen LogP contribution in [0.4, 0.5) is 15.9 Å². The first kappa shape index (κ1) is 33.6. The van der Waals surface area contributed by atoms with Crippen LogP contribution in [0.5, 0.6) is 5.75 Å². The number of hydrogen-bond donors (Lipinski definition) is 5. The summed E-state index contributed by atoms with van der Waals surface area (Å²) in [7, 11) is 1.61. The van der Waals surface area contributed by atoms with E-state index in [0.717, 1.165) is 17.5 Å². The summed E-state index contributed by atoms with van der Waals surface area (Å²) in [6, 6.07) is 14.7. The van der Waals surface area contributed by atoms with E-state index >= 15 is 4.39 Å². The first-order valence-corrected chi connectivity index (χ1v) is 15.7. The van der Waals surface area contributed by atoms with Crippen molar-refractivity contribution in [1.82, 2.24) is 25.9 Å². The van der Waals surface area contributed by atoms with Crippen molar-refractivity contribution in [2.45, 2.75) is 51.4 Å². The maximum atomic E-state index is 15.4. The van der Waals surface area contributed by atoms with Crippen molar-refractivity contribution in [3.05, 3.63) is 87.9 Å². The molecule has 5 rings (SSSR count). The van der Waals surface area contributed by atoms with Crippen LogP contribution in [0.3, 0.4) is 0 Å². The van der Waals surface area contributed by atoms with Gasteiger partial charge in [0.1, 0.15) is 5.75 Å². The molecule has 2 aromatic carbocycles. The van der Waals surface area contributed by atoms with Crippen LogP contribution in [-0.2, 0) is 17.9 Å². The first-order chi connectivity index (χ1) is 22.0. The van der Waals surface area contributed by atoms with Gasteiger partial charge in [-0.2, -0.15) is 0 Å². The smallest absolute Gasteiger partial charge is 0.220 e. The predicted molar refractivity (Wildman–Crippen MR) is 180 cm³/mol. The van der Waals surface area contributed by atoms with Gasteiger partial charge in [-0.3, -0.25) is 9.78 Å². The van der Waals surface area contributed by atoms with Gasteiger partial charge in [0.25, 0.3) is 0 Å². The van der Waals surface area contributed by atoms with E-state index in [0.29, 0.717) is 69.9 Å². The lowest BCUT2D eigenvalue weighted by molar-refractivity contribution is -0.119. The van der Waals surface area contributed by atoms with E-state index in [2.05, 4.69) is 31.2 Å². The van der Waals surface area contributed by atoms with E-state index in [9.17, 15) is 9.90 Å². The number of amides is 1. The number of nitrogens with one attached hydrogen (secondary N) is 4. The minimum Gasteiger partial charge on any atom is -0.496 e. The lowest BCUT2D eigenvalue weighted by atomic mass is 10.0. The van der Waals surface area contributed by atoms with Crippen LogP contribution < -0.4 is 26.0 Å². The van der Waals surface area contributed by atoms with Crippen molar-refractivity contribution < 1.29 is 19.0 Å². The van der Waals surface area contributed by atoms with Gasteiger partial charge in [0.15, 0.2) is 11.6 Å². The van der Waals surface area contributed by atoms with E-state index in [1.54, 1.807) is 51.4 Å². The molecule has 5 N–H and O–H groups in total. The van der Waals surface area contributed by atoms with Gasteiger partial charge in [-0.05, 0) is 44.5 Å². The summed E-state index contributed by atoms with van der Waals surface area (Å²) in [6.45, 7) is 5.13. The number of nitrogens with zero attached hydrogens (tertiary/aromatic N) is 2. The number of aromatic nitrogens is 2. The van der Waals surface area contributed by atoms with E-state index in [-0.39, 0.29) is 24.3 Å². The van der Waals surface area contributed by atoms with Gasteiger partial charge < -0.3 is 31.1 Å². The average Bonchev–Trinajstić information content (AvgIpc) is 3.44. The zero-order chi connectivity index (χ0) is 32.8. The van der Waals surface area contributed by atoms with Crippen molar-refractivity contribution >= 4 is 40.6 Å². The van der Waals surface area contributed by atoms with Crippen LogP contribution in [-0.4, -0.2) is 52.8 Å². The summed E-state index contributed by atoms with van der Waals surface area (Å²) < 4.78 is 21.0. The molecule has 242 valence electrons. The number of pyridine rings is 2. The number of benzene rings is 2. The fourth-order valence-corrected chi connectivity index (χ4v) is 5.87. The predicted octanol–water partition coefficient (Wildman–Crippen LogP) is 6.24. The molecule has 0 radical (unpaired) electrons. The molecule has 0 spiro atoms. The van der Waals surface area contributed by atoms with Crippen LogP contribution in [0.25, 0.3) is 22.4 Å². The highest BCUT2D eigenvalue weighted by Gasteiger charge is 2.21. The Morgan fingerprint density at radius 1 is 1.02 bits per heavy atom. The van der Waals surface area contributed by atoms with Crippen molar-refractivity contribution in [2.24, 2.45) is 0 Å². The summed E-state index contributed by atoms with van der Waals surface area (Å²) in [4.78, 5) is 20.2. The Hall–Kier alpha value is -3.80. The Balaban J connectivity index is 1.35. The van der Waals surface area contributed by atoms with Gasteiger partial charge >= 0.3 is 0 Å². The average molecular weight is 668 g/mol. The topological polar surface area (TPSA) is 120 Å². The van der Waals surface area contributed by atoms with Crippen molar-refractivity contribution in [3.63, 3.8) is 0 Å². The van der Waals surface area contributed by atoms with E-state index < -0.39 is 11.4 Å². The number of methoxy groups -OCH3 is 1. The molecular weight excluding hydrogens is 630 g/mol. The molecule has 0 aliphatic carbocycles. The number of rotatable bonds is 13. The minimum atomic E-state index is -0.920. The number of carbonyl (C=O) groups is 1. The summed E-state index contributed by atoms with van der Waals surface area (Å²) >= 11 is 13.8. The van der Waals surface area contributed by atoms with Crippen LogP contribution in [0, 0.1) is 5.82 Å². The Morgan fingerprint density at radius 3 is 2.52 bits per heavy atom. The second-order valence-corrected chi connectivity index (χ2v) is 12.6. The minimum absolute atomic E-state index is 0.0257. The molecule has 46 heavy (non-hydrogen) atoms. The molecule has 12 heteroatoms. The molecule has 1 aliphatic rings. The molecular formula is C34H37Cl2FN6O3. The highest BCUT2D eigenvalue weighted by atomic mass is 35.5. The normalized spacial score (nSPS) is 14.8. The monoisotopic (exact) mass is 666 g/mol. The van der Waals surface area contributed by atoms with Crippen LogP contribution >= 0.6 is 23.2 Å². The van der Waals surface area contributed by atoms with Gasteiger partial charge in [-0.1, -0.05) is 47.5 Å². The summed E-state index contributed by atoms with van der Waals surface area (Å²) in [6.07, 6.45) is 4.57. The standard InChI is InChI=1S/C34H37Cl2FN6O3/c1-34(2,45)19-39-17-22-11-13-41-33(31(22)37)43-26-6-4-5-24(29(26)35)25-12-14-40-32(30(25)36)20-7-8-21(27(15-20)46-3)16-38-18-23-9-10-28(44)42-23/h4-8,11-15,23,38-39,45H,9-10,16-19H2,1-3H3,(H,41,43)(H,42,44). The number of anilines is 2. The molecule has 9 nitrogen and oxygen atoms in total. The molecule has 1 amide bonds. The lowest BCUT2D eigenvalue weighted by Crippen LogP contribution is -2.35. The maximum Gasteiger partial charge on any atom is 0.220 e. The van der Waals surface area contributed by atoms with E-state index in [1.165, 1.54) is 6.20 Å². The Bertz CT molecular complexity index is 1720. The number of carbonyl (C=O) groups excluding carboxylic acids is 1. The van der Waals surface area contributed by atoms with Crippen molar-refractivity contribution in [3.8, 4) is 28.1 Å². The van der Waals surface area contributed by atoms with Gasteiger partial charge in [-0.25, -0.2) is 9.37 Å². The Morgan fingerprint density at radius 2 is 1.78 bits per heavy atom. The largest absolute Gasteiger partial charge is 0.496 e. The Kier molecular flexibility index (Phi) is 10.8. The molecule has 2 aromatic heterocycles. The first-order valence-electron chi connectivity index (χ1n) is 15.0. The third-order valence-corrected chi connectivity index (χ3v) is 8.41. The molecule has 3 heterocycles. The van der Waals surface area contributed by atoms with Crippen LogP contribution in [0.2, 0.25) is 10.0 Å². The molecule has 4 aromatic rings. The van der Waals surface area contributed by atoms with Crippen molar-refractivity contribution in [2.75, 3.05) is 25.5 Å². The molecule has 1 atom stereocenters. The zero-order valence-electron chi connectivity index (χ0n) is 25.9. The van der Waals surface area contributed by atoms with Crippen LogP contribution in [0.1, 0.15) is 37.8 Å². The Labute approximate surface area is 277 Å². The zero-order valence-corrected chi connectivity index (χ0v) is 27.4. The molecule has 1 unspecified atom stereocenters. The van der Waals surface area contributed by atoms with Gasteiger partial charge in [0, 0.05) is 78.9 Å². The third kappa shape index (κ3) is 8.12. The molecule has 1 fully saturated rings. The van der Waals surface area contributed by atoms with Gasteiger partial charge in [0.2, 0.25) is 5.91 Å². The number of hydrogen-bond acceptors (Lipinski definition) is 8.